The van der Waals surface area contributed by atoms with Crippen molar-refractivity contribution in [3.63, 3.8) is 0 Å². The van der Waals surface area contributed by atoms with E-state index < -0.39 is 11.9 Å². The van der Waals surface area contributed by atoms with Crippen LogP contribution in [0.25, 0.3) is 21.8 Å². The Balaban J connectivity index is 0.000000171. The molecule has 0 radical (unpaired) electrons. The van der Waals surface area contributed by atoms with E-state index in [0.29, 0.717) is 12.8 Å². The van der Waals surface area contributed by atoms with Crippen LogP contribution in [0.4, 0.5) is 0 Å². The fourth-order valence-electron chi connectivity index (χ4n) is 3.40. The average molecular weight is 406 g/mol. The molecule has 0 saturated carbocycles. The molecule has 4 aromatic rings. The summed E-state index contributed by atoms with van der Waals surface area (Å²) in [6.07, 6.45) is 3.41. The first kappa shape index (κ1) is 21.2. The normalized spacial score (nSPS) is 10.7. The standard InChI is InChI=1S/2C12H13NO2/c2*14-12(15)7-3-5-10-8-9-4-1-2-6-11(9)13-10/h2*1-2,4,6,8,13H,3,5,7H2,(H,14,15). The number of aromatic amines is 2. The first-order chi connectivity index (χ1) is 14.5. The number of benzene rings is 2. The highest BCUT2D eigenvalue weighted by Gasteiger charge is 2.02. The minimum atomic E-state index is -0.730. The van der Waals surface area contributed by atoms with Crippen LogP contribution in [-0.2, 0) is 22.4 Å². The van der Waals surface area contributed by atoms with Crippen LogP contribution in [0, 0.1) is 0 Å². The number of carboxylic acids is 2. The number of H-pyrrole nitrogens is 2. The van der Waals surface area contributed by atoms with E-state index in [2.05, 4.69) is 22.1 Å². The van der Waals surface area contributed by atoms with Gasteiger partial charge in [-0.05, 0) is 60.7 Å². The number of hydrogen-bond donors (Lipinski definition) is 4. The summed E-state index contributed by atoms with van der Waals surface area (Å²) in [6.45, 7) is 0. The number of aromatic nitrogens is 2. The molecule has 2 heterocycles. The van der Waals surface area contributed by atoms with Gasteiger partial charge in [-0.15, -0.1) is 0 Å². The van der Waals surface area contributed by atoms with Gasteiger partial charge >= 0.3 is 11.9 Å². The first-order valence-corrected chi connectivity index (χ1v) is 10.1. The van der Waals surface area contributed by atoms with Crippen molar-refractivity contribution in [2.24, 2.45) is 0 Å². The van der Waals surface area contributed by atoms with Gasteiger partial charge in [0.1, 0.15) is 0 Å². The van der Waals surface area contributed by atoms with Crippen molar-refractivity contribution in [1.29, 1.82) is 0 Å². The summed E-state index contributed by atoms with van der Waals surface area (Å²) in [5, 5.41) is 19.4. The quantitative estimate of drug-likeness (QED) is 0.325. The summed E-state index contributed by atoms with van der Waals surface area (Å²) in [6, 6.07) is 20.3. The van der Waals surface area contributed by atoms with E-state index in [9.17, 15) is 9.59 Å². The van der Waals surface area contributed by atoms with Crippen LogP contribution in [0.2, 0.25) is 0 Å². The molecule has 4 rings (SSSR count). The third-order valence-electron chi connectivity index (χ3n) is 4.85. The topological polar surface area (TPSA) is 106 Å². The molecule has 0 atom stereocenters. The van der Waals surface area contributed by atoms with Crippen LogP contribution < -0.4 is 0 Å². The fourth-order valence-corrected chi connectivity index (χ4v) is 3.40. The van der Waals surface area contributed by atoms with Crippen molar-refractivity contribution >= 4 is 33.7 Å². The molecule has 0 bridgehead atoms. The molecule has 0 aliphatic rings. The lowest BCUT2D eigenvalue weighted by Gasteiger charge is -1.94. The molecular formula is C24H26N2O4. The smallest absolute Gasteiger partial charge is 0.303 e. The van der Waals surface area contributed by atoms with E-state index >= 15 is 0 Å². The SMILES string of the molecule is O=C(O)CCCc1cc2ccccc2[nH]1.O=C(O)CCCc1cc2ccccc2[nH]1. The lowest BCUT2D eigenvalue weighted by Crippen LogP contribution is -1.95. The molecule has 0 spiro atoms. The van der Waals surface area contributed by atoms with Gasteiger partial charge in [0.25, 0.3) is 0 Å². The molecule has 2 aromatic carbocycles. The molecule has 0 amide bonds. The van der Waals surface area contributed by atoms with Crippen molar-refractivity contribution in [2.75, 3.05) is 0 Å². The van der Waals surface area contributed by atoms with Crippen molar-refractivity contribution in [1.82, 2.24) is 9.97 Å². The van der Waals surface area contributed by atoms with Gasteiger partial charge in [0, 0.05) is 35.3 Å². The number of para-hydroxylation sites is 2. The highest BCUT2D eigenvalue weighted by atomic mass is 16.4. The van der Waals surface area contributed by atoms with Crippen molar-refractivity contribution in [3.05, 3.63) is 72.1 Å². The summed E-state index contributed by atoms with van der Waals surface area (Å²) in [5.74, 6) is -1.46. The third kappa shape index (κ3) is 6.24. The maximum atomic E-state index is 10.4. The Morgan fingerprint density at radius 3 is 1.43 bits per heavy atom. The van der Waals surface area contributed by atoms with Gasteiger partial charge < -0.3 is 20.2 Å². The van der Waals surface area contributed by atoms with Gasteiger partial charge in [-0.1, -0.05) is 36.4 Å². The van der Waals surface area contributed by atoms with E-state index in [1.165, 1.54) is 10.8 Å². The molecule has 156 valence electrons. The third-order valence-corrected chi connectivity index (χ3v) is 4.85. The average Bonchev–Trinajstić information content (AvgIpc) is 3.30. The van der Waals surface area contributed by atoms with Crippen molar-refractivity contribution in [2.45, 2.75) is 38.5 Å². The van der Waals surface area contributed by atoms with E-state index in [1.54, 1.807) is 0 Å². The number of fused-ring (bicyclic) bond motifs is 2. The summed E-state index contributed by atoms with van der Waals surface area (Å²) in [7, 11) is 0. The van der Waals surface area contributed by atoms with Gasteiger partial charge in [0.15, 0.2) is 0 Å². The summed E-state index contributed by atoms with van der Waals surface area (Å²) >= 11 is 0. The van der Waals surface area contributed by atoms with E-state index in [4.69, 9.17) is 10.2 Å². The van der Waals surface area contributed by atoms with Crippen molar-refractivity contribution in [3.8, 4) is 0 Å². The number of hydrogen-bond acceptors (Lipinski definition) is 2. The van der Waals surface area contributed by atoms with Crippen molar-refractivity contribution < 1.29 is 19.8 Å². The molecule has 30 heavy (non-hydrogen) atoms. The molecular weight excluding hydrogens is 380 g/mol. The summed E-state index contributed by atoms with van der Waals surface area (Å²) < 4.78 is 0. The molecule has 0 fully saturated rings. The van der Waals surface area contributed by atoms with Gasteiger partial charge in [-0.2, -0.15) is 0 Å². The highest BCUT2D eigenvalue weighted by molar-refractivity contribution is 5.80. The zero-order valence-electron chi connectivity index (χ0n) is 16.7. The second-order valence-corrected chi connectivity index (χ2v) is 7.26. The number of aliphatic carboxylic acids is 2. The Morgan fingerprint density at radius 2 is 1.07 bits per heavy atom. The monoisotopic (exact) mass is 406 g/mol. The number of nitrogens with one attached hydrogen (secondary N) is 2. The van der Waals surface area contributed by atoms with Crippen LogP contribution in [0.15, 0.2) is 60.7 Å². The maximum Gasteiger partial charge on any atom is 0.303 e. The molecule has 0 aliphatic carbocycles. The number of rotatable bonds is 8. The second-order valence-electron chi connectivity index (χ2n) is 7.26. The Kier molecular flexibility index (Phi) is 7.27. The lowest BCUT2D eigenvalue weighted by molar-refractivity contribution is -0.138. The Hall–Kier alpha value is -3.54. The molecule has 0 unspecified atom stereocenters. The minimum Gasteiger partial charge on any atom is -0.481 e. The van der Waals surface area contributed by atoms with Crippen LogP contribution in [0.5, 0.6) is 0 Å². The van der Waals surface area contributed by atoms with Gasteiger partial charge in [0.2, 0.25) is 0 Å². The molecule has 0 aliphatic heterocycles. The van der Waals surface area contributed by atoms with Crippen LogP contribution in [0.1, 0.15) is 37.1 Å². The molecule has 4 N–H and O–H groups in total. The molecule has 0 saturated heterocycles. The highest BCUT2D eigenvalue weighted by Crippen LogP contribution is 2.17. The number of carboxylic acid groups (broad SMARTS) is 2. The second kappa shape index (κ2) is 10.3. The van der Waals surface area contributed by atoms with Crippen LogP contribution in [-0.4, -0.2) is 32.1 Å². The van der Waals surface area contributed by atoms with E-state index in [1.807, 2.05) is 48.5 Å². The Labute approximate surface area is 174 Å². The zero-order chi connectivity index (χ0) is 21.3. The number of aryl methyl sites for hydroxylation is 2. The fraction of sp³-hybridized carbons (Fsp3) is 0.250. The minimum absolute atomic E-state index is 0.232. The molecule has 6 heteroatoms. The zero-order valence-corrected chi connectivity index (χ0v) is 16.7. The summed E-state index contributed by atoms with van der Waals surface area (Å²) in [4.78, 5) is 27.3. The van der Waals surface area contributed by atoms with Gasteiger partial charge in [0.05, 0.1) is 0 Å². The largest absolute Gasteiger partial charge is 0.481 e. The Bertz CT molecular complexity index is 970. The van der Waals surface area contributed by atoms with E-state index in [0.717, 1.165) is 35.3 Å². The lowest BCUT2D eigenvalue weighted by atomic mass is 10.2. The molecule has 6 nitrogen and oxygen atoms in total. The number of carbonyl (C=O) groups is 2. The van der Waals surface area contributed by atoms with E-state index in [-0.39, 0.29) is 12.8 Å². The van der Waals surface area contributed by atoms with Gasteiger partial charge in [-0.3, -0.25) is 9.59 Å². The predicted molar refractivity (Wildman–Crippen MR) is 118 cm³/mol. The maximum absolute atomic E-state index is 10.4. The molecule has 2 aromatic heterocycles. The van der Waals surface area contributed by atoms with Crippen LogP contribution >= 0.6 is 0 Å². The van der Waals surface area contributed by atoms with Gasteiger partial charge in [-0.25, -0.2) is 0 Å². The first-order valence-electron chi connectivity index (χ1n) is 10.1. The summed E-state index contributed by atoms with van der Waals surface area (Å²) in [5.41, 5.74) is 4.44. The van der Waals surface area contributed by atoms with Crippen LogP contribution in [0.3, 0.4) is 0 Å². The predicted octanol–water partition coefficient (Wildman–Crippen LogP) is 5.15. The Morgan fingerprint density at radius 1 is 0.667 bits per heavy atom.